The highest BCUT2D eigenvalue weighted by atomic mass is 16.2. The quantitative estimate of drug-likeness (QED) is 0.811. The molecule has 0 bridgehead atoms. The SMILES string of the molecule is CCCN(C(=O)C1CC1C)c1cccc(N)c1. The van der Waals surface area contributed by atoms with Crippen LogP contribution in [0.15, 0.2) is 24.3 Å². The van der Waals surface area contributed by atoms with Gasteiger partial charge in [-0.15, -0.1) is 0 Å². The number of nitrogens with zero attached hydrogens (tertiary/aromatic N) is 1. The van der Waals surface area contributed by atoms with Gasteiger partial charge in [0.05, 0.1) is 0 Å². The summed E-state index contributed by atoms with van der Waals surface area (Å²) in [4.78, 5) is 14.2. The minimum Gasteiger partial charge on any atom is -0.399 e. The number of amides is 1. The summed E-state index contributed by atoms with van der Waals surface area (Å²) >= 11 is 0. The molecule has 17 heavy (non-hydrogen) atoms. The molecule has 1 aromatic rings. The molecule has 0 aromatic heterocycles. The molecule has 1 amide bonds. The van der Waals surface area contributed by atoms with E-state index in [0.29, 0.717) is 11.6 Å². The van der Waals surface area contributed by atoms with Gasteiger partial charge in [0.2, 0.25) is 5.91 Å². The van der Waals surface area contributed by atoms with Crippen LogP contribution in [-0.2, 0) is 4.79 Å². The summed E-state index contributed by atoms with van der Waals surface area (Å²) in [5.74, 6) is 1.02. The molecular formula is C14H20N2O. The molecule has 0 spiro atoms. The monoisotopic (exact) mass is 232 g/mol. The van der Waals surface area contributed by atoms with Crippen LogP contribution in [0.2, 0.25) is 0 Å². The van der Waals surface area contributed by atoms with E-state index in [9.17, 15) is 4.79 Å². The van der Waals surface area contributed by atoms with Crippen molar-refractivity contribution in [3.8, 4) is 0 Å². The summed E-state index contributed by atoms with van der Waals surface area (Å²) in [7, 11) is 0. The number of benzene rings is 1. The zero-order chi connectivity index (χ0) is 12.4. The Labute approximate surface area is 103 Å². The molecule has 0 radical (unpaired) electrons. The Bertz CT molecular complexity index is 416. The molecular weight excluding hydrogens is 212 g/mol. The molecule has 2 atom stereocenters. The summed E-state index contributed by atoms with van der Waals surface area (Å²) in [5.41, 5.74) is 7.41. The lowest BCUT2D eigenvalue weighted by Crippen LogP contribution is -2.33. The van der Waals surface area contributed by atoms with Crippen molar-refractivity contribution < 1.29 is 4.79 Å². The first kappa shape index (κ1) is 12.0. The Hall–Kier alpha value is -1.51. The van der Waals surface area contributed by atoms with E-state index in [-0.39, 0.29) is 11.8 Å². The van der Waals surface area contributed by atoms with E-state index in [1.54, 1.807) is 0 Å². The summed E-state index contributed by atoms with van der Waals surface area (Å²) in [6.07, 6.45) is 1.99. The molecule has 0 saturated heterocycles. The Morgan fingerprint density at radius 1 is 1.53 bits per heavy atom. The third kappa shape index (κ3) is 2.60. The molecule has 1 aliphatic carbocycles. The zero-order valence-corrected chi connectivity index (χ0v) is 10.5. The van der Waals surface area contributed by atoms with Gasteiger partial charge in [0, 0.05) is 23.8 Å². The number of carbonyl (C=O) groups excluding carboxylic acids is 1. The van der Waals surface area contributed by atoms with Crippen LogP contribution in [0.25, 0.3) is 0 Å². The maximum absolute atomic E-state index is 12.3. The van der Waals surface area contributed by atoms with Crippen molar-refractivity contribution in [1.29, 1.82) is 0 Å². The van der Waals surface area contributed by atoms with Gasteiger partial charge >= 0.3 is 0 Å². The molecule has 3 heteroatoms. The van der Waals surface area contributed by atoms with E-state index < -0.39 is 0 Å². The van der Waals surface area contributed by atoms with Gasteiger partial charge in [0.25, 0.3) is 0 Å². The lowest BCUT2D eigenvalue weighted by atomic mass is 10.2. The van der Waals surface area contributed by atoms with Crippen molar-refractivity contribution in [2.24, 2.45) is 11.8 Å². The third-order valence-electron chi connectivity index (χ3n) is 3.32. The second kappa shape index (κ2) is 4.78. The first-order valence-electron chi connectivity index (χ1n) is 6.30. The number of hydrogen-bond acceptors (Lipinski definition) is 2. The molecule has 3 nitrogen and oxygen atoms in total. The second-order valence-corrected chi connectivity index (χ2v) is 4.90. The van der Waals surface area contributed by atoms with Crippen molar-refractivity contribution in [3.63, 3.8) is 0 Å². The van der Waals surface area contributed by atoms with Gasteiger partial charge < -0.3 is 10.6 Å². The van der Waals surface area contributed by atoms with E-state index in [4.69, 9.17) is 5.73 Å². The predicted molar refractivity (Wildman–Crippen MR) is 70.8 cm³/mol. The fourth-order valence-electron chi connectivity index (χ4n) is 2.15. The van der Waals surface area contributed by atoms with Gasteiger partial charge in [-0.25, -0.2) is 0 Å². The van der Waals surface area contributed by atoms with Crippen molar-refractivity contribution in [2.75, 3.05) is 17.2 Å². The first-order valence-corrected chi connectivity index (χ1v) is 6.30. The molecule has 0 aliphatic heterocycles. The van der Waals surface area contributed by atoms with Gasteiger partial charge in [-0.1, -0.05) is 19.9 Å². The van der Waals surface area contributed by atoms with Crippen molar-refractivity contribution in [3.05, 3.63) is 24.3 Å². The Kier molecular flexibility index (Phi) is 3.36. The highest BCUT2D eigenvalue weighted by molar-refractivity contribution is 5.97. The maximum Gasteiger partial charge on any atom is 0.230 e. The molecule has 1 fully saturated rings. The summed E-state index contributed by atoms with van der Waals surface area (Å²) < 4.78 is 0. The summed E-state index contributed by atoms with van der Waals surface area (Å²) in [6.45, 7) is 4.99. The number of nitrogen functional groups attached to an aromatic ring is 1. The molecule has 2 N–H and O–H groups in total. The molecule has 2 unspecified atom stereocenters. The van der Waals surface area contributed by atoms with E-state index in [1.165, 1.54) is 0 Å². The molecule has 1 saturated carbocycles. The van der Waals surface area contributed by atoms with Gasteiger partial charge in [-0.05, 0) is 37.0 Å². The van der Waals surface area contributed by atoms with Crippen molar-refractivity contribution in [2.45, 2.75) is 26.7 Å². The van der Waals surface area contributed by atoms with E-state index in [0.717, 1.165) is 25.1 Å². The van der Waals surface area contributed by atoms with Gasteiger partial charge in [-0.3, -0.25) is 4.79 Å². The summed E-state index contributed by atoms with van der Waals surface area (Å²) in [6, 6.07) is 7.58. The standard InChI is InChI=1S/C14H20N2O/c1-3-7-16(14(17)13-8-10(13)2)12-6-4-5-11(15)9-12/h4-6,9-10,13H,3,7-8,15H2,1-2H3. The largest absolute Gasteiger partial charge is 0.399 e. The van der Waals surface area contributed by atoms with Crippen LogP contribution in [0.4, 0.5) is 11.4 Å². The highest BCUT2D eigenvalue weighted by Crippen LogP contribution is 2.40. The second-order valence-electron chi connectivity index (χ2n) is 4.90. The normalized spacial score (nSPS) is 22.2. The average Bonchev–Trinajstić information content (AvgIpc) is 3.02. The number of nitrogens with two attached hydrogens (primary N) is 1. The lowest BCUT2D eigenvalue weighted by molar-refractivity contribution is -0.120. The smallest absolute Gasteiger partial charge is 0.230 e. The minimum absolute atomic E-state index is 0.225. The van der Waals surface area contributed by atoms with Crippen LogP contribution >= 0.6 is 0 Å². The van der Waals surface area contributed by atoms with Gasteiger partial charge in [0.1, 0.15) is 0 Å². The molecule has 1 aliphatic rings. The van der Waals surface area contributed by atoms with Crippen LogP contribution in [-0.4, -0.2) is 12.5 Å². The third-order valence-corrected chi connectivity index (χ3v) is 3.32. The molecule has 2 rings (SSSR count). The maximum atomic E-state index is 12.3. The summed E-state index contributed by atoms with van der Waals surface area (Å²) in [5, 5.41) is 0. The number of hydrogen-bond donors (Lipinski definition) is 1. The topological polar surface area (TPSA) is 46.3 Å². The molecule has 92 valence electrons. The van der Waals surface area contributed by atoms with E-state index >= 15 is 0 Å². The number of anilines is 2. The van der Waals surface area contributed by atoms with Gasteiger partial charge in [0.15, 0.2) is 0 Å². The number of rotatable bonds is 4. The van der Waals surface area contributed by atoms with E-state index in [1.807, 2.05) is 29.2 Å². The minimum atomic E-state index is 0.225. The Balaban J connectivity index is 2.19. The van der Waals surface area contributed by atoms with Crippen molar-refractivity contribution in [1.82, 2.24) is 0 Å². The van der Waals surface area contributed by atoms with Crippen LogP contribution in [0, 0.1) is 11.8 Å². The van der Waals surface area contributed by atoms with Crippen LogP contribution < -0.4 is 10.6 Å². The van der Waals surface area contributed by atoms with Crippen LogP contribution in [0.3, 0.4) is 0 Å². The molecule has 1 aromatic carbocycles. The Morgan fingerprint density at radius 2 is 2.24 bits per heavy atom. The van der Waals surface area contributed by atoms with Crippen LogP contribution in [0.1, 0.15) is 26.7 Å². The fraction of sp³-hybridized carbons (Fsp3) is 0.500. The molecule has 0 heterocycles. The van der Waals surface area contributed by atoms with E-state index in [2.05, 4.69) is 13.8 Å². The number of carbonyl (C=O) groups is 1. The lowest BCUT2D eigenvalue weighted by Gasteiger charge is -2.22. The van der Waals surface area contributed by atoms with Crippen molar-refractivity contribution >= 4 is 17.3 Å². The van der Waals surface area contributed by atoms with Crippen LogP contribution in [0.5, 0.6) is 0 Å². The Morgan fingerprint density at radius 3 is 2.76 bits per heavy atom. The fourth-order valence-corrected chi connectivity index (χ4v) is 2.15. The zero-order valence-electron chi connectivity index (χ0n) is 10.5. The predicted octanol–water partition coefficient (Wildman–Crippen LogP) is 2.67. The highest BCUT2D eigenvalue weighted by Gasteiger charge is 2.41. The first-order chi connectivity index (χ1) is 8.13. The average molecular weight is 232 g/mol. The van der Waals surface area contributed by atoms with Gasteiger partial charge in [-0.2, -0.15) is 0 Å².